The van der Waals surface area contributed by atoms with Crippen LogP contribution in [0, 0.1) is 0 Å². The normalized spacial score (nSPS) is 13.0. The summed E-state index contributed by atoms with van der Waals surface area (Å²) in [6, 6.07) is 12.0. The van der Waals surface area contributed by atoms with Gasteiger partial charge in [0.05, 0.1) is 5.56 Å². The van der Waals surface area contributed by atoms with Crippen molar-refractivity contribution < 1.29 is 4.79 Å². The first kappa shape index (κ1) is 14.0. The van der Waals surface area contributed by atoms with Crippen molar-refractivity contribution in [1.82, 2.24) is 5.32 Å². The average Bonchev–Trinajstić information content (AvgIpc) is 2.94. The number of nitrogen functional groups attached to an aromatic ring is 1. The van der Waals surface area contributed by atoms with E-state index in [2.05, 4.69) is 23.5 Å². The number of carbonyl (C=O) groups is 1. The minimum atomic E-state index is -0.0846. The van der Waals surface area contributed by atoms with Crippen LogP contribution in [0.15, 0.2) is 46.2 Å². The summed E-state index contributed by atoms with van der Waals surface area (Å²) in [7, 11) is 1.64. The van der Waals surface area contributed by atoms with Gasteiger partial charge in [-0.15, -0.1) is 0 Å². The van der Waals surface area contributed by atoms with Crippen LogP contribution in [0.25, 0.3) is 0 Å². The van der Waals surface area contributed by atoms with Gasteiger partial charge < -0.3 is 11.1 Å². The number of rotatable bonds is 3. The predicted octanol–water partition coefficient (Wildman–Crippen LogP) is 3.27. The Kier molecular flexibility index (Phi) is 3.88. The molecule has 3 rings (SSSR count). The predicted molar refractivity (Wildman–Crippen MR) is 86.8 cm³/mol. The smallest absolute Gasteiger partial charge is 0.252 e. The molecule has 21 heavy (non-hydrogen) atoms. The van der Waals surface area contributed by atoms with Crippen molar-refractivity contribution >= 4 is 23.4 Å². The standard InChI is InChI=1S/C17H18N2OS/c1-19-17(20)15-8-6-13(18)10-16(15)21-14-7-5-11-3-2-4-12(11)9-14/h5-10H,2-4,18H2,1H3,(H,19,20). The Morgan fingerprint density at radius 3 is 2.76 bits per heavy atom. The van der Waals surface area contributed by atoms with Crippen molar-refractivity contribution in [2.24, 2.45) is 0 Å². The van der Waals surface area contributed by atoms with E-state index in [9.17, 15) is 4.79 Å². The van der Waals surface area contributed by atoms with Gasteiger partial charge in [0.1, 0.15) is 0 Å². The number of fused-ring (bicyclic) bond motifs is 1. The summed E-state index contributed by atoms with van der Waals surface area (Å²) >= 11 is 1.60. The average molecular weight is 298 g/mol. The Morgan fingerprint density at radius 1 is 1.14 bits per heavy atom. The molecule has 2 aromatic rings. The molecule has 4 heteroatoms. The minimum Gasteiger partial charge on any atom is -0.399 e. The molecule has 1 aliphatic rings. The van der Waals surface area contributed by atoms with Crippen molar-refractivity contribution in [3.05, 3.63) is 53.1 Å². The first-order valence-corrected chi connectivity index (χ1v) is 7.90. The molecule has 1 aliphatic carbocycles. The Morgan fingerprint density at radius 2 is 1.95 bits per heavy atom. The first-order valence-electron chi connectivity index (χ1n) is 7.08. The third-order valence-electron chi connectivity index (χ3n) is 3.78. The molecule has 0 spiro atoms. The highest BCUT2D eigenvalue weighted by Crippen LogP contribution is 2.34. The zero-order chi connectivity index (χ0) is 14.8. The minimum absolute atomic E-state index is 0.0846. The van der Waals surface area contributed by atoms with Gasteiger partial charge in [-0.05, 0) is 60.7 Å². The van der Waals surface area contributed by atoms with Crippen LogP contribution in [0.2, 0.25) is 0 Å². The lowest BCUT2D eigenvalue weighted by molar-refractivity contribution is 0.0960. The zero-order valence-corrected chi connectivity index (χ0v) is 12.8. The molecule has 0 aromatic heterocycles. The van der Waals surface area contributed by atoms with Gasteiger partial charge in [0.2, 0.25) is 0 Å². The zero-order valence-electron chi connectivity index (χ0n) is 12.0. The Labute approximate surface area is 128 Å². The van der Waals surface area contributed by atoms with Gasteiger partial charge in [0.25, 0.3) is 5.91 Å². The summed E-state index contributed by atoms with van der Waals surface area (Å²) in [5, 5.41) is 2.68. The summed E-state index contributed by atoms with van der Waals surface area (Å²) in [5.41, 5.74) is 10.1. The molecule has 2 aromatic carbocycles. The highest BCUT2D eigenvalue weighted by atomic mass is 32.2. The monoisotopic (exact) mass is 298 g/mol. The summed E-state index contributed by atoms with van der Waals surface area (Å²) in [4.78, 5) is 14.0. The molecule has 0 saturated carbocycles. The van der Waals surface area contributed by atoms with E-state index in [0.717, 1.165) is 16.2 Å². The van der Waals surface area contributed by atoms with Crippen LogP contribution < -0.4 is 11.1 Å². The van der Waals surface area contributed by atoms with Gasteiger partial charge >= 0.3 is 0 Å². The van der Waals surface area contributed by atoms with Crippen LogP contribution in [0.4, 0.5) is 5.69 Å². The maximum atomic E-state index is 12.0. The van der Waals surface area contributed by atoms with Crippen molar-refractivity contribution in [3.8, 4) is 0 Å². The number of hydrogen-bond acceptors (Lipinski definition) is 3. The summed E-state index contributed by atoms with van der Waals surface area (Å²) < 4.78 is 0. The number of nitrogens with one attached hydrogen (secondary N) is 1. The molecule has 3 nitrogen and oxygen atoms in total. The molecule has 0 bridgehead atoms. The van der Waals surface area contributed by atoms with Crippen LogP contribution in [0.3, 0.4) is 0 Å². The third-order valence-corrected chi connectivity index (χ3v) is 4.82. The van der Waals surface area contributed by atoms with E-state index in [1.807, 2.05) is 6.07 Å². The Balaban J connectivity index is 1.94. The lowest BCUT2D eigenvalue weighted by Crippen LogP contribution is -2.18. The Bertz CT molecular complexity index is 697. The largest absolute Gasteiger partial charge is 0.399 e. The van der Waals surface area contributed by atoms with E-state index >= 15 is 0 Å². The maximum absolute atomic E-state index is 12.0. The van der Waals surface area contributed by atoms with E-state index in [1.165, 1.54) is 24.0 Å². The summed E-state index contributed by atoms with van der Waals surface area (Å²) in [6.45, 7) is 0. The quantitative estimate of drug-likeness (QED) is 0.855. The highest BCUT2D eigenvalue weighted by molar-refractivity contribution is 7.99. The molecule has 0 aliphatic heterocycles. The molecule has 1 amide bonds. The summed E-state index contributed by atoms with van der Waals surface area (Å²) in [5.74, 6) is -0.0846. The van der Waals surface area contributed by atoms with Crippen LogP contribution in [-0.2, 0) is 12.8 Å². The van der Waals surface area contributed by atoms with E-state index < -0.39 is 0 Å². The molecule has 0 unspecified atom stereocenters. The number of benzene rings is 2. The third kappa shape index (κ3) is 2.90. The van der Waals surface area contributed by atoms with Crippen LogP contribution >= 0.6 is 11.8 Å². The first-order chi connectivity index (χ1) is 10.2. The van der Waals surface area contributed by atoms with Crippen molar-refractivity contribution in [3.63, 3.8) is 0 Å². The fraction of sp³-hybridized carbons (Fsp3) is 0.235. The van der Waals surface area contributed by atoms with E-state index in [1.54, 1.807) is 30.9 Å². The van der Waals surface area contributed by atoms with Gasteiger partial charge in [0, 0.05) is 22.5 Å². The summed E-state index contributed by atoms with van der Waals surface area (Å²) in [6.07, 6.45) is 3.58. The van der Waals surface area contributed by atoms with Gasteiger partial charge in [0.15, 0.2) is 0 Å². The van der Waals surface area contributed by atoms with Gasteiger partial charge in [-0.25, -0.2) is 0 Å². The molecule has 0 atom stereocenters. The SMILES string of the molecule is CNC(=O)c1ccc(N)cc1Sc1ccc2c(c1)CCC2. The molecule has 0 radical (unpaired) electrons. The van der Waals surface area contributed by atoms with Crippen molar-refractivity contribution in [2.75, 3.05) is 12.8 Å². The van der Waals surface area contributed by atoms with Crippen molar-refractivity contribution in [2.45, 2.75) is 29.1 Å². The molecule has 0 fully saturated rings. The maximum Gasteiger partial charge on any atom is 0.252 e. The number of aryl methyl sites for hydroxylation is 2. The number of hydrogen-bond donors (Lipinski definition) is 2. The number of carbonyl (C=O) groups excluding carboxylic acids is 1. The topological polar surface area (TPSA) is 55.1 Å². The molecule has 108 valence electrons. The van der Waals surface area contributed by atoms with E-state index in [4.69, 9.17) is 5.73 Å². The van der Waals surface area contributed by atoms with E-state index in [-0.39, 0.29) is 5.91 Å². The lowest BCUT2D eigenvalue weighted by Gasteiger charge is -2.10. The molecule has 3 N–H and O–H groups in total. The van der Waals surface area contributed by atoms with Crippen LogP contribution in [-0.4, -0.2) is 13.0 Å². The molecule has 0 heterocycles. The lowest BCUT2D eigenvalue weighted by atomic mass is 10.1. The number of nitrogens with two attached hydrogens (primary N) is 1. The fourth-order valence-electron chi connectivity index (χ4n) is 2.68. The van der Waals surface area contributed by atoms with Gasteiger partial charge in [-0.1, -0.05) is 17.8 Å². The molecular formula is C17H18N2OS. The van der Waals surface area contributed by atoms with Crippen LogP contribution in [0.5, 0.6) is 0 Å². The number of anilines is 1. The van der Waals surface area contributed by atoms with E-state index in [0.29, 0.717) is 11.3 Å². The highest BCUT2D eigenvalue weighted by Gasteiger charge is 2.14. The Hall–Kier alpha value is -1.94. The second kappa shape index (κ2) is 5.82. The van der Waals surface area contributed by atoms with Gasteiger partial charge in [-0.2, -0.15) is 0 Å². The second-order valence-electron chi connectivity index (χ2n) is 5.22. The fourth-order valence-corrected chi connectivity index (χ4v) is 3.74. The van der Waals surface area contributed by atoms with Crippen molar-refractivity contribution in [1.29, 1.82) is 0 Å². The molecular weight excluding hydrogens is 280 g/mol. The second-order valence-corrected chi connectivity index (χ2v) is 6.34. The van der Waals surface area contributed by atoms with Crippen LogP contribution in [0.1, 0.15) is 27.9 Å². The number of amides is 1. The van der Waals surface area contributed by atoms with Gasteiger partial charge in [-0.3, -0.25) is 4.79 Å². The molecule has 0 saturated heterocycles.